The average Bonchev–Trinajstić information content (AvgIpc) is 2.93. The first-order valence-corrected chi connectivity index (χ1v) is 11.0. The molecule has 160 valence electrons. The number of hydrogen-bond donors (Lipinski definition) is 1. The van der Waals surface area contributed by atoms with Gasteiger partial charge in [-0.05, 0) is 41.7 Å². The lowest BCUT2D eigenvalue weighted by Gasteiger charge is -2.37. The van der Waals surface area contributed by atoms with E-state index in [2.05, 4.69) is 19.2 Å². The maximum absolute atomic E-state index is 14.0. The predicted octanol–water partition coefficient (Wildman–Crippen LogP) is 6.14. The molecule has 4 heteroatoms. The molecule has 1 heterocycles. The van der Waals surface area contributed by atoms with Gasteiger partial charge < -0.3 is 5.32 Å². The first-order chi connectivity index (χ1) is 15.4. The van der Waals surface area contributed by atoms with Crippen molar-refractivity contribution in [3.8, 4) is 0 Å². The number of rotatable bonds is 2. The van der Waals surface area contributed by atoms with Crippen LogP contribution in [0.1, 0.15) is 48.7 Å². The third kappa shape index (κ3) is 3.52. The highest BCUT2D eigenvalue weighted by Crippen LogP contribution is 2.48. The normalized spacial score (nSPS) is 19.5. The molecule has 32 heavy (non-hydrogen) atoms. The summed E-state index contributed by atoms with van der Waals surface area (Å²) in [4.78, 5) is 29.4. The third-order valence-electron chi connectivity index (χ3n) is 6.26. The van der Waals surface area contributed by atoms with E-state index in [1.165, 1.54) is 0 Å². The smallest absolute Gasteiger partial charge is 0.259 e. The number of benzene rings is 3. The van der Waals surface area contributed by atoms with E-state index in [-0.39, 0.29) is 17.1 Å². The van der Waals surface area contributed by atoms with Crippen LogP contribution in [0, 0.1) is 5.41 Å². The van der Waals surface area contributed by atoms with Gasteiger partial charge in [-0.3, -0.25) is 14.5 Å². The Hall–Kier alpha value is -3.66. The van der Waals surface area contributed by atoms with E-state index in [4.69, 9.17) is 0 Å². The molecular weight excluding hydrogens is 396 g/mol. The zero-order chi connectivity index (χ0) is 22.3. The van der Waals surface area contributed by atoms with Crippen LogP contribution in [0.4, 0.5) is 11.4 Å². The van der Waals surface area contributed by atoms with Crippen LogP contribution in [-0.4, -0.2) is 11.7 Å². The van der Waals surface area contributed by atoms with Gasteiger partial charge in [-0.2, -0.15) is 0 Å². The van der Waals surface area contributed by atoms with E-state index in [1.807, 2.05) is 84.9 Å². The van der Waals surface area contributed by atoms with E-state index in [0.717, 1.165) is 29.1 Å². The van der Waals surface area contributed by atoms with E-state index < -0.39 is 6.04 Å². The maximum Gasteiger partial charge on any atom is 0.259 e. The monoisotopic (exact) mass is 422 g/mol. The van der Waals surface area contributed by atoms with E-state index >= 15 is 0 Å². The highest BCUT2D eigenvalue weighted by Gasteiger charge is 2.43. The Kier molecular flexibility index (Phi) is 4.93. The second-order valence-electron chi connectivity index (χ2n) is 9.33. The topological polar surface area (TPSA) is 49.4 Å². The number of anilines is 2. The van der Waals surface area contributed by atoms with Gasteiger partial charge >= 0.3 is 0 Å². The largest absolute Gasteiger partial charge is 0.357 e. The third-order valence-corrected chi connectivity index (χ3v) is 6.26. The zero-order valence-electron chi connectivity index (χ0n) is 18.3. The summed E-state index contributed by atoms with van der Waals surface area (Å²) in [6, 6.07) is 26.5. The van der Waals surface area contributed by atoms with E-state index in [1.54, 1.807) is 4.90 Å². The number of carbonyl (C=O) groups excluding carboxylic acids is 2. The molecule has 1 N–H and O–H groups in total. The van der Waals surface area contributed by atoms with Crippen molar-refractivity contribution >= 4 is 23.1 Å². The molecule has 0 saturated heterocycles. The van der Waals surface area contributed by atoms with Crippen LogP contribution in [0.15, 0.2) is 96.2 Å². The van der Waals surface area contributed by atoms with Crippen molar-refractivity contribution in [1.29, 1.82) is 0 Å². The Bertz CT molecular complexity index is 1210. The van der Waals surface area contributed by atoms with Gasteiger partial charge in [0.1, 0.15) is 0 Å². The van der Waals surface area contributed by atoms with Crippen molar-refractivity contribution in [3.05, 3.63) is 107 Å². The lowest BCUT2D eigenvalue weighted by molar-refractivity contribution is -0.118. The Labute approximate surface area is 188 Å². The molecule has 1 atom stereocenters. The quantitative estimate of drug-likeness (QED) is 0.539. The standard InChI is InChI=1S/C28H26N2O2/c1-28(2)17-22-25(24(31)18-28)26(19-11-5-3-6-12-19)30(23-16-10-9-15-21(23)29-22)27(32)20-13-7-4-8-14-20/h3-16,26,29H,17-18H2,1-2H3/t26-/m1/s1. The van der Waals surface area contributed by atoms with E-state index in [0.29, 0.717) is 17.6 Å². The van der Waals surface area contributed by atoms with Crippen molar-refractivity contribution in [2.75, 3.05) is 10.2 Å². The molecule has 0 saturated carbocycles. The summed E-state index contributed by atoms with van der Waals surface area (Å²) in [6.07, 6.45) is 1.21. The number of fused-ring (bicyclic) bond motifs is 1. The Morgan fingerprint density at radius 1 is 0.875 bits per heavy atom. The second-order valence-corrected chi connectivity index (χ2v) is 9.33. The molecule has 2 aliphatic rings. The van der Waals surface area contributed by atoms with Crippen molar-refractivity contribution in [2.45, 2.75) is 32.7 Å². The lowest BCUT2D eigenvalue weighted by Crippen LogP contribution is -2.39. The number of ketones is 1. The summed E-state index contributed by atoms with van der Waals surface area (Å²) in [5, 5.41) is 3.55. The first kappa shape index (κ1) is 20.3. The van der Waals surface area contributed by atoms with Gasteiger partial charge in [-0.15, -0.1) is 0 Å². The minimum absolute atomic E-state index is 0.0938. The molecule has 0 bridgehead atoms. The lowest BCUT2D eigenvalue weighted by atomic mass is 9.73. The highest BCUT2D eigenvalue weighted by molar-refractivity contribution is 6.12. The minimum atomic E-state index is -0.501. The number of carbonyl (C=O) groups is 2. The summed E-state index contributed by atoms with van der Waals surface area (Å²) >= 11 is 0. The summed E-state index contributed by atoms with van der Waals surface area (Å²) in [6.45, 7) is 4.25. The average molecular weight is 423 g/mol. The highest BCUT2D eigenvalue weighted by atomic mass is 16.2. The van der Waals surface area contributed by atoms with Crippen LogP contribution in [0.2, 0.25) is 0 Å². The number of para-hydroxylation sites is 2. The Morgan fingerprint density at radius 3 is 2.22 bits per heavy atom. The van der Waals surface area contributed by atoms with E-state index in [9.17, 15) is 9.59 Å². The predicted molar refractivity (Wildman–Crippen MR) is 128 cm³/mol. The van der Waals surface area contributed by atoms with Gasteiger partial charge in [0, 0.05) is 23.3 Å². The number of amides is 1. The summed E-state index contributed by atoms with van der Waals surface area (Å²) in [5.41, 5.74) is 4.60. The van der Waals surface area contributed by atoms with Crippen LogP contribution < -0.4 is 10.2 Å². The van der Waals surface area contributed by atoms with Crippen molar-refractivity contribution < 1.29 is 9.59 Å². The van der Waals surface area contributed by atoms with Crippen LogP contribution >= 0.6 is 0 Å². The van der Waals surface area contributed by atoms with Crippen molar-refractivity contribution in [3.63, 3.8) is 0 Å². The molecule has 4 nitrogen and oxygen atoms in total. The molecule has 1 aliphatic carbocycles. The molecule has 1 aliphatic heterocycles. The number of Topliss-reactive ketones (excluding diaryl/α,β-unsaturated/α-hetero) is 1. The number of nitrogens with one attached hydrogen (secondary N) is 1. The van der Waals surface area contributed by atoms with Crippen molar-refractivity contribution in [1.82, 2.24) is 0 Å². The fraction of sp³-hybridized carbons (Fsp3) is 0.214. The van der Waals surface area contributed by atoms with Gasteiger partial charge in [0.2, 0.25) is 0 Å². The fourth-order valence-corrected chi connectivity index (χ4v) is 4.88. The number of nitrogens with zero attached hydrogens (tertiary/aromatic N) is 1. The van der Waals surface area contributed by atoms with Gasteiger partial charge in [0.15, 0.2) is 5.78 Å². The zero-order valence-corrected chi connectivity index (χ0v) is 18.3. The van der Waals surface area contributed by atoms with Gasteiger partial charge in [-0.1, -0.05) is 74.5 Å². The summed E-state index contributed by atoms with van der Waals surface area (Å²) < 4.78 is 0. The number of allylic oxidation sites excluding steroid dienone is 1. The van der Waals surface area contributed by atoms with Crippen LogP contribution in [0.25, 0.3) is 0 Å². The van der Waals surface area contributed by atoms with Crippen molar-refractivity contribution in [2.24, 2.45) is 5.41 Å². The van der Waals surface area contributed by atoms with Crippen LogP contribution in [0.3, 0.4) is 0 Å². The SMILES string of the molecule is CC1(C)CC(=O)C2=C(C1)Nc1ccccc1N(C(=O)c1ccccc1)[C@@H]2c1ccccc1. The second kappa shape index (κ2) is 7.79. The molecule has 3 aromatic rings. The molecule has 0 unspecified atom stereocenters. The molecule has 3 aromatic carbocycles. The Morgan fingerprint density at radius 2 is 1.50 bits per heavy atom. The van der Waals surface area contributed by atoms with Gasteiger partial charge in [0.25, 0.3) is 5.91 Å². The molecule has 0 spiro atoms. The number of hydrogen-bond acceptors (Lipinski definition) is 3. The fourth-order valence-electron chi connectivity index (χ4n) is 4.88. The van der Waals surface area contributed by atoms with Crippen LogP contribution in [-0.2, 0) is 4.79 Å². The van der Waals surface area contributed by atoms with Crippen LogP contribution in [0.5, 0.6) is 0 Å². The molecule has 5 rings (SSSR count). The summed E-state index contributed by atoms with van der Waals surface area (Å²) in [5.74, 6) is -0.0312. The first-order valence-electron chi connectivity index (χ1n) is 11.0. The molecule has 0 fully saturated rings. The summed E-state index contributed by atoms with van der Waals surface area (Å²) in [7, 11) is 0. The molecule has 1 amide bonds. The minimum Gasteiger partial charge on any atom is -0.357 e. The Balaban J connectivity index is 1.79. The molecule has 0 aromatic heterocycles. The molecule has 0 radical (unpaired) electrons. The van der Waals surface area contributed by atoms with Gasteiger partial charge in [0.05, 0.1) is 17.4 Å². The van der Waals surface area contributed by atoms with Gasteiger partial charge in [-0.25, -0.2) is 0 Å². The molecular formula is C28H26N2O2. The maximum atomic E-state index is 14.0.